The Morgan fingerprint density at radius 3 is 2.78 bits per heavy atom. The van der Waals surface area contributed by atoms with E-state index in [1.807, 2.05) is 23.1 Å². The second-order valence-corrected chi connectivity index (χ2v) is 7.67. The van der Waals surface area contributed by atoms with Crippen LogP contribution < -0.4 is 5.32 Å². The summed E-state index contributed by atoms with van der Waals surface area (Å²) in [4.78, 5) is 7.54. The quantitative estimate of drug-likeness (QED) is 0.894. The number of hydrogen-bond acceptors (Lipinski definition) is 4. The van der Waals surface area contributed by atoms with Crippen LogP contribution in [0.15, 0.2) is 17.1 Å². The Morgan fingerprint density at radius 2 is 2.17 bits per heavy atom. The molecular formula is C14H22N2S2. The molecule has 1 aromatic rings. The van der Waals surface area contributed by atoms with Crippen LogP contribution in [0.3, 0.4) is 0 Å². The molecule has 1 aliphatic rings. The third-order valence-corrected chi connectivity index (χ3v) is 5.22. The van der Waals surface area contributed by atoms with Crippen molar-refractivity contribution < 1.29 is 0 Å². The zero-order valence-corrected chi connectivity index (χ0v) is 13.2. The molecule has 18 heavy (non-hydrogen) atoms. The number of thiophene rings is 1. The maximum Gasteiger partial charge on any atom is 0.157 e. The van der Waals surface area contributed by atoms with Gasteiger partial charge in [0.2, 0.25) is 0 Å². The number of thioether (sulfide) groups is 1. The fraction of sp³-hybridized carbons (Fsp3) is 0.643. The van der Waals surface area contributed by atoms with E-state index >= 15 is 0 Å². The van der Waals surface area contributed by atoms with Crippen LogP contribution in [0.1, 0.15) is 43.0 Å². The van der Waals surface area contributed by atoms with Gasteiger partial charge in [0.25, 0.3) is 0 Å². The van der Waals surface area contributed by atoms with E-state index in [0.717, 1.165) is 16.8 Å². The summed E-state index contributed by atoms with van der Waals surface area (Å²) >= 11 is 3.73. The standard InChI is InChI=1S/C14H22N2S2/c1-9(2)7-12-8-17-14(16-12)15-11(4)13-6-5-10(3)18-13/h5-6,9,11-12H,7-8H2,1-4H3,(H,15,16). The maximum absolute atomic E-state index is 4.77. The van der Waals surface area contributed by atoms with Gasteiger partial charge in [-0.05, 0) is 38.3 Å². The van der Waals surface area contributed by atoms with Crippen molar-refractivity contribution in [3.63, 3.8) is 0 Å². The van der Waals surface area contributed by atoms with Gasteiger partial charge >= 0.3 is 0 Å². The Hall–Kier alpha value is -0.480. The van der Waals surface area contributed by atoms with Crippen LogP contribution in [0.5, 0.6) is 0 Å². The van der Waals surface area contributed by atoms with Gasteiger partial charge in [-0.25, -0.2) is 0 Å². The van der Waals surface area contributed by atoms with Crippen molar-refractivity contribution in [1.82, 2.24) is 5.32 Å². The minimum atomic E-state index is 0.368. The highest BCUT2D eigenvalue weighted by atomic mass is 32.2. The van der Waals surface area contributed by atoms with Crippen molar-refractivity contribution in [1.29, 1.82) is 0 Å². The first-order valence-electron chi connectivity index (χ1n) is 6.58. The number of rotatable bonds is 4. The van der Waals surface area contributed by atoms with E-state index in [-0.39, 0.29) is 0 Å². The Morgan fingerprint density at radius 1 is 1.39 bits per heavy atom. The lowest BCUT2D eigenvalue weighted by atomic mass is 10.1. The Kier molecular flexibility index (Phi) is 4.73. The second kappa shape index (κ2) is 6.11. The largest absolute Gasteiger partial charge is 0.358 e. The van der Waals surface area contributed by atoms with Crippen LogP contribution in [0.25, 0.3) is 0 Å². The highest BCUT2D eigenvalue weighted by Gasteiger charge is 2.20. The van der Waals surface area contributed by atoms with Gasteiger partial charge < -0.3 is 5.32 Å². The lowest BCUT2D eigenvalue weighted by Gasteiger charge is -2.12. The summed E-state index contributed by atoms with van der Waals surface area (Å²) in [7, 11) is 0. The van der Waals surface area contributed by atoms with Gasteiger partial charge in [0.05, 0.1) is 12.1 Å². The van der Waals surface area contributed by atoms with Crippen molar-refractivity contribution in [2.24, 2.45) is 10.9 Å². The second-order valence-electron chi connectivity index (χ2n) is 5.34. The molecule has 0 radical (unpaired) electrons. The zero-order chi connectivity index (χ0) is 13.1. The number of hydrogen-bond donors (Lipinski definition) is 1. The molecule has 4 heteroatoms. The fourth-order valence-corrected chi connectivity index (χ4v) is 4.03. The highest BCUT2D eigenvalue weighted by molar-refractivity contribution is 8.14. The Labute approximate surface area is 118 Å². The van der Waals surface area contributed by atoms with Crippen LogP contribution in [0.2, 0.25) is 0 Å². The van der Waals surface area contributed by atoms with Crippen LogP contribution >= 0.6 is 23.1 Å². The van der Waals surface area contributed by atoms with Gasteiger partial charge in [-0.15, -0.1) is 11.3 Å². The Balaban J connectivity index is 1.90. The van der Waals surface area contributed by atoms with Gasteiger partial charge in [-0.3, -0.25) is 4.99 Å². The molecule has 1 aromatic heterocycles. The topological polar surface area (TPSA) is 24.4 Å². The molecular weight excluding hydrogens is 260 g/mol. The molecule has 0 amide bonds. The van der Waals surface area contributed by atoms with Crippen molar-refractivity contribution in [2.45, 2.75) is 46.2 Å². The summed E-state index contributed by atoms with van der Waals surface area (Å²) in [6, 6.07) is 5.27. The van der Waals surface area contributed by atoms with Crippen molar-refractivity contribution in [3.05, 3.63) is 21.9 Å². The molecule has 2 atom stereocenters. The lowest BCUT2D eigenvalue weighted by Crippen LogP contribution is -2.22. The van der Waals surface area contributed by atoms with Gasteiger partial charge in [0, 0.05) is 15.5 Å². The molecule has 0 saturated heterocycles. The van der Waals surface area contributed by atoms with E-state index in [0.29, 0.717) is 12.1 Å². The molecule has 100 valence electrons. The van der Waals surface area contributed by atoms with E-state index in [4.69, 9.17) is 4.99 Å². The first kappa shape index (κ1) is 13.9. The van der Waals surface area contributed by atoms with Crippen LogP contribution in [0, 0.1) is 12.8 Å². The first-order chi connectivity index (χ1) is 8.54. The van der Waals surface area contributed by atoms with Gasteiger partial charge in [0.15, 0.2) is 5.17 Å². The van der Waals surface area contributed by atoms with Crippen LogP contribution in [0.4, 0.5) is 0 Å². The predicted octanol–water partition coefficient (Wildman–Crippen LogP) is 4.22. The summed E-state index contributed by atoms with van der Waals surface area (Å²) in [5.74, 6) is 1.87. The average Bonchev–Trinajstić information content (AvgIpc) is 2.87. The molecule has 0 aromatic carbocycles. The van der Waals surface area contributed by atoms with Crippen LogP contribution in [-0.2, 0) is 0 Å². The molecule has 1 aliphatic heterocycles. The summed E-state index contributed by atoms with van der Waals surface area (Å²) in [5.41, 5.74) is 0. The molecule has 0 spiro atoms. The lowest BCUT2D eigenvalue weighted by molar-refractivity contribution is 0.528. The van der Waals surface area contributed by atoms with Crippen molar-refractivity contribution in [3.8, 4) is 0 Å². The molecule has 2 rings (SSSR count). The summed E-state index contributed by atoms with van der Waals surface area (Å²) in [6.07, 6.45) is 1.20. The molecule has 2 nitrogen and oxygen atoms in total. The molecule has 0 saturated carbocycles. The maximum atomic E-state index is 4.77. The summed E-state index contributed by atoms with van der Waals surface area (Å²) in [5, 5.41) is 4.66. The first-order valence-corrected chi connectivity index (χ1v) is 8.38. The van der Waals surface area contributed by atoms with E-state index in [1.54, 1.807) is 0 Å². The van der Waals surface area contributed by atoms with E-state index in [2.05, 4.69) is 45.1 Å². The molecule has 2 heterocycles. The van der Waals surface area contributed by atoms with E-state index in [9.17, 15) is 0 Å². The SMILES string of the molecule is Cc1ccc(C(C)NC2=NC(CC(C)C)CS2)s1. The third-order valence-electron chi connectivity index (χ3n) is 2.98. The van der Waals surface area contributed by atoms with Crippen molar-refractivity contribution >= 4 is 28.3 Å². The minimum Gasteiger partial charge on any atom is -0.358 e. The monoisotopic (exact) mass is 282 g/mol. The molecule has 0 bridgehead atoms. The average molecular weight is 282 g/mol. The van der Waals surface area contributed by atoms with Gasteiger partial charge in [-0.1, -0.05) is 25.6 Å². The predicted molar refractivity (Wildman–Crippen MR) is 83.7 cm³/mol. The zero-order valence-electron chi connectivity index (χ0n) is 11.6. The number of nitrogens with one attached hydrogen (secondary N) is 1. The van der Waals surface area contributed by atoms with E-state index in [1.165, 1.54) is 16.2 Å². The summed E-state index contributed by atoms with van der Waals surface area (Å²) < 4.78 is 0. The molecule has 0 aliphatic carbocycles. The Bertz CT molecular complexity index is 423. The van der Waals surface area contributed by atoms with E-state index < -0.39 is 0 Å². The number of amidine groups is 1. The van der Waals surface area contributed by atoms with Crippen LogP contribution in [-0.4, -0.2) is 17.0 Å². The third kappa shape index (κ3) is 3.75. The summed E-state index contributed by atoms with van der Waals surface area (Å²) in [6.45, 7) is 8.90. The minimum absolute atomic E-state index is 0.368. The molecule has 0 fully saturated rings. The van der Waals surface area contributed by atoms with Gasteiger partial charge in [0.1, 0.15) is 0 Å². The smallest absolute Gasteiger partial charge is 0.157 e. The normalized spacial score (nSPS) is 21.2. The number of aryl methyl sites for hydroxylation is 1. The highest BCUT2D eigenvalue weighted by Crippen LogP contribution is 2.26. The fourth-order valence-electron chi connectivity index (χ4n) is 2.10. The molecule has 1 N–H and O–H groups in total. The number of aliphatic imine (C=N–C) groups is 1. The number of nitrogens with zero attached hydrogens (tertiary/aromatic N) is 1. The van der Waals surface area contributed by atoms with Gasteiger partial charge in [-0.2, -0.15) is 0 Å². The molecule has 2 unspecified atom stereocenters. The van der Waals surface area contributed by atoms with Crippen molar-refractivity contribution in [2.75, 3.05) is 5.75 Å².